The van der Waals surface area contributed by atoms with Gasteiger partial charge in [0, 0.05) is 6.07 Å². The lowest BCUT2D eigenvalue weighted by Gasteiger charge is -2.15. The lowest BCUT2D eigenvalue weighted by molar-refractivity contribution is -0.386. The molecule has 0 saturated carbocycles. The standard InChI is InChI=1S/C12H14BrNO5/c1-2-3-7-10(12(15)16)19-11-8(13)5-4-6-9(11)14(17)18/h4-6,10H,2-3,7H2,1H3,(H,15,16). The Labute approximate surface area is 118 Å². The molecule has 1 unspecified atom stereocenters. The molecule has 1 aromatic carbocycles. The Balaban J connectivity index is 3.01. The summed E-state index contributed by atoms with van der Waals surface area (Å²) < 4.78 is 5.68. The van der Waals surface area contributed by atoms with Gasteiger partial charge in [-0.15, -0.1) is 0 Å². The number of nitrogens with zero attached hydrogens (tertiary/aromatic N) is 1. The van der Waals surface area contributed by atoms with Crippen molar-refractivity contribution in [3.05, 3.63) is 32.8 Å². The number of ether oxygens (including phenoxy) is 1. The normalized spacial score (nSPS) is 11.9. The van der Waals surface area contributed by atoms with E-state index in [9.17, 15) is 14.9 Å². The van der Waals surface area contributed by atoms with Crippen LogP contribution in [0.15, 0.2) is 22.7 Å². The topological polar surface area (TPSA) is 89.7 Å². The van der Waals surface area contributed by atoms with Crippen LogP contribution in [0.5, 0.6) is 5.75 Å². The van der Waals surface area contributed by atoms with Crippen molar-refractivity contribution >= 4 is 27.6 Å². The Bertz CT molecular complexity index is 477. The molecule has 0 spiro atoms. The SMILES string of the molecule is CCCCC(Oc1c(Br)cccc1[N+](=O)[O-])C(=O)O. The van der Waals surface area contributed by atoms with Crippen LogP contribution < -0.4 is 4.74 Å². The number of carboxylic acid groups (broad SMARTS) is 1. The highest BCUT2D eigenvalue weighted by atomic mass is 79.9. The first-order chi connectivity index (χ1) is 8.97. The maximum absolute atomic E-state index is 11.1. The van der Waals surface area contributed by atoms with E-state index in [0.717, 1.165) is 6.42 Å². The Morgan fingerprint density at radius 1 is 1.58 bits per heavy atom. The molecule has 1 rings (SSSR count). The minimum atomic E-state index is -1.13. The Hall–Kier alpha value is -1.63. The molecule has 0 aromatic heterocycles. The largest absolute Gasteiger partial charge is 0.479 e. The highest BCUT2D eigenvalue weighted by Crippen LogP contribution is 2.35. The molecular formula is C12H14BrNO5. The molecule has 6 nitrogen and oxygen atoms in total. The van der Waals surface area contributed by atoms with Gasteiger partial charge >= 0.3 is 11.7 Å². The van der Waals surface area contributed by atoms with Gasteiger partial charge in [-0.2, -0.15) is 0 Å². The number of hydrogen-bond donors (Lipinski definition) is 1. The number of nitro groups is 1. The predicted molar refractivity (Wildman–Crippen MR) is 72.4 cm³/mol. The van der Waals surface area contributed by atoms with Gasteiger partial charge in [-0.05, 0) is 34.8 Å². The maximum Gasteiger partial charge on any atom is 0.344 e. The number of benzene rings is 1. The van der Waals surface area contributed by atoms with E-state index >= 15 is 0 Å². The summed E-state index contributed by atoms with van der Waals surface area (Å²) in [6.45, 7) is 1.93. The van der Waals surface area contributed by atoms with E-state index in [2.05, 4.69) is 15.9 Å². The van der Waals surface area contributed by atoms with Crippen molar-refractivity contribution in [3.8, 4) is 5.75 Å². The highest BCUT2D eigenvalue weighted by molar-refractivity contribution is 9.10. The van der Waals surface area contributed by atoms with Crippen LogP contribution in [0, 0.1) is 10.1 Å². The summed E-state index contributed by atoms with van der Waals surface area (Å²) in [6.07, 6.45) is 0.724. The van der Waals surface area contributed by atoms with E-state index in [0.29, 0.717) is 17.3 Å². The fourth-order valence-corrected chi connectivity index (χ4v) is 1.97. The van der Waals surface area contributed by atoms with Gasteiger partial charge in [-0.3, -0.25) is 10.1 Å². The quantitative estimate of drug-likeness (QED) is 0.611. The van der Waals surface area contributed by atoms with Gasteiger partial charge in [-0.1, -0.05) is 19.4 Å². The number of rotatable bonds is 7. The molecule has 1 atom stereocenters. The van der Waals surface area contributed by atoms with Crippen LogP contribution in [-0.4, -0.2) is 22.1 Å². The van der Waals surface area contributed by atoms with Crippen molar-refractivity contribution in [1.82, 2.24) is 0 Å². The average molecular weight is 332 g/mol. The van der Waals surface area contributed by atoms with E-state index in [1.54, 1.807) is 6.07 Å². The number of aliphatic carboxylic acids is 1. The first-order valence-electron chi connectivity index (χ1n) is 5.79. The molecule has 0 aliphatic carbocycles. The molecule has 104 valence electrons. The van der Waals surface area contributed by atoms with E-state index in [-0.39, 0.29) is 11.4 Å². The third-order valence-electron chi connectivity index (χ3n) is 2.50. The molecule has 0 aliphatic rings. The van der Waals surface area contributed by atoms with Gasteiger partial charge in [0.25, 0.3) is 0 Å². The van der Waals surface area contributed by atoms with Crippen molar-refractivity contribution in [2.24, 2.45) is 0 Å². The van der Waals surface area contributed by atoms with Crippen LogP contribution in [0.4, 0.5) is 5.69 Å². The van der Waals surface area contributed by atoms with E-state index < -0.39 is 17.0 Å². The van der Waals surface area contributed by atoms with Gasteiger partial charge < -0.3 is 9.84 Å². The molecule has 1 aromatic rings. The Morgan fingerprint density at radius 2 is 2.26 bits per heavy atom. The number of carbonyl (C=O) groups is 1. The molecule has 0 fully saturated rings. The number of nitro benzene ring substituents is 1. The summed E-state index contributed by atoms with van der Waals surface area (Å²) in [4.78, 5) is 21.4. The first kappa shape index (κ1) is 15.4. The second-order valence-corrected chi connectivity index (χ2v) is 4.79. The van der Waals surface area contributed by atoms with Crippen molar-refractivity contribution in [1.29, 1.82) is 0 Å². The van der Waals surface area contributed by atoms with Crippen LogP contribution in [0.1, 0.15) is 26.2 Å². The molecule has 0 heterocycles. The van der Waals surface area contributed by atoms with Crippen LogP contribution in [0.25, 0.3) is 0 Å². The summed E-state index contributed by atoms with van der Waals surface area (Å²) in [7, 11) is 0. The van der Waals surface area contributed by atoms with Crippen LogP contribution in [0.3, 0.4) is 0 Å². The third kappa shape index (κ3) is 4.20. The lowest BCUT2D eigenvalue weighted by Crippen LogP contribution is -2.27. The molecule has 0 radical (unpaired) electrons. The number of carboxylic acids is 1. The first-order valence-corrected chi connectivity index (χ1v) is 6.59. The molecule has 0 aliphatic heterocycles. The number of hydrogen-bond acceptors (Lipinski definition) is 4. The second-order valence-electron chi connectivity index (χ2n) is 3.93. The minimum absolute atomic E-state index is 0.0454. The van der Waals surface area contributed by atoms with Gasteiger partial charge in [0.2, 0.25) is 5.75 Å². The monoisotopic (exact) mass is 331 g/mol. The minimum Gasteiger partial charge on any atom is -0.479 e. The molecule has 1 N–H and O–H groups in total. The average Bonchev–Trinajstić information content (AvgIpc) is 2.35. The molecule has 19 heavy (non-hydrogen) atoms. The van der Waals surface area contributed by atoms with Crippen molar-refractivity contribution in [3.63, 3.8) is 0 Å². The molecule has 0 saturated heterocycles. The fourth-order valence-electron chi connectivity index (χ4n) is 1.52. The summed E-state index contributed by atoms with van der Waals surface area (Å²) in [6, 6.07) is 4.34. The van der Waals surface area contributed by atoms with Gasteiger partial charge in [0.05, 0.1) is 9.40 Å². The fraction of sp³-hybridized carbons (Fsp3) is 0.417. The van der Waals surface area contributed by atoms with Crippen LogP contribution in [-0.2, 0) is 4.79 Å². The lowest BCUT2D eigenvalue weighted by atomic mass is 10.1. The van der Waals surface area contributed by atoms with Crippen molar-refractivity contribution in [2.45, 2.75) is 32.3 Å². The van der Waals surface area contributed by atoms with Crippen LogP contribution in [0.2, 0.25) is 0 Å². The third-order valence-corrected chi connectivity index (χ3v) is 3.12. The van der Waals surface area contributed by atoms with Gasteiger partial charge in [0.1, 0.15) is 0 Å². The Kier molecular flexibility index (Phi) is 5.75. The van der Waals surface area contributed by atoms with Crippen molar-refractivity contribution in [2.75, 3.05) is 0 Å². The van der Waals surface area contributed by atoms with E-state index in [1.807, 2.05) is 6.92 Å². The summed E-state index contributed by atoms with van der Waals surface area (Å²) in [5.74, 6) is -1.17. The smallest absolute Gasteiger partial charge is 0.344 e. The van der Waals surface area contributed by atoms with Crippen molar-refractivity contribution < 1.29 is 19.6 Å². The molecular weight excluding hydrogens is 318 g/mol. The maximum atomic E-state index is 11.1. The zero-order chi connectivity index (χ0) is 14.4. The number of halogens is 1. The van der Waals surface area contributed by atoms with Gasteiger partial charge in [0.15, 0.2) is 6.10 Å². The molecule has 0 amide bonds. The number of unbranched alkanes of at least 4 members (excludes halogenated alkanes) is 1. The van der Waals surface area contributed by atoms with Gasteiger partial charge in [-0.25, -0.2) is 4.79 Å². The zero-order valence-electron chi connectivity index (χ0n) is 10.3. The predicted octanol–water partition coefficient (Wildman–Crippen LogP) is 3.38. The summed E-state index contributed by atoms with van der Waals surface area (Å²) in [5.41, 5.74) is -0.253. The Morgan fingerprint density at radius 3 is 2.79 bits per heavy atom. The van der Waals surface area contributed by atoms with E-state index in [1.165, 1.54) is 12.1 Å². The number of para-hydroxylation sites is 1. The van der Waals surface area contributed by atoms with E-state index in [4.69, 9.17) is 9.84 Å². The molecule has 7 heteroatoms. The summed E-state index contributed by atoms with van der Waals surface area (Å²) in [5, 5.41) is 20.0. The molecule has 0 bridgehead atoms. The second kappa shape index (κ2) is 7.08. The zero-order valence-corrected chi connectivity index (χ0v) is 11.9. The van der Waals surface area contributed by atoms with Crippen LogP contribution >= 0.6 is 15.9 Å². The summed E-state index contributed by atoms with van der Waals surface area (Å²) >= 11 is 3.14. The highest BCUT2D eigenvalue weighted by Gasteiger charge is 2.25.